The van der Waals surface area contributed by atoms with E-state index in [4.69, 9.17) is 4.74 Å². The average Bonchev–Trinajstić information content (AvgIpc) is 2.47. The van der Waals surface area contributed by atoms with Crippen molar-refractivity contribution in [3.63, 3.8) is 0 Å². The molecule has 0 radical (unpaired) electrons. The molecule has 1 amide bonds. The molecule has 1 aliphatic heterocycles. The summed E-state index contributed by atoms with van der Waals surface area (Å²) < 4.78 is 5.19. The molecule has 0 aliphatic carbocycles. The third-order valence-corrected chi connectivity index (χ3v) is 3.48. The van der Waals surface area contributed by atoms with Gasteiger partial charge in [0, 0.05) is 39.1 Å². The number of pyridine rings is 1. The molecular formula is C14H21N3O2. The van der Waals surface area contributed by atoms with Crippen LogP contribution in [-0.2, 0) is 4.74 Å². The zero-order valence-corrected chi connectivity index (χ0v) is 11.6. The molecule has 5 heteroatoms. The van der Waals surface area contributed by atoms with Crippen LogP contribution in [0.4, 0.5) is 5.69 Å². The molecule has 1 N–H and O–H groups in total. The van der Waals surface area contributed by atoms with Gasteiger partial charge in [-0.25, -0.2) is 0 Å². The van der Waals surface area contributed by atoms with Crippen LogP contribution in [0.1, 0.15) is 23.3 Å². The molecule has 1 aromatic rings. The van der Waals surface area contributed by atoms with E-state index in [1.807, 2.05) is 18.0 Å². The topological polar surface area (TPSA) is 54.5 Å². The number of nitrogens with one attached hydrogen (secondary N) is 1. The fourth-order valence-electron chi connectivity index (χ4n) is 2.49. The van der Waals surface area contributed by atoms with E-state index in [0.29, 0.717) is 18.2 Å². The largest absolute Gasteiger partial charge is 0.388 e. The number of rotatable bonds is 4. The highest BCUT2D eigenvalue weighted by atomic mass is 16.5. The molecule has 19 heavy (non-hydrogen) atoms. The second-order valence-corrected chi connectivity index (χ2v) is 4.89. The molecule has 0 bridgehead atoms. The maximum absolute atomic E-state index is 12.4. The van der Waals surface area contributed by atoms with Crippen molar-refractivity contribution < 1.29 is 9.53 Å². The Morgan fingerprint density at radius 3 is 3.21 bits per heavy atom. The lowest BCUT2D eigenvalue weighted by atomic mass is 9.98. The van der Waals surface area contributed by atoms with Crippen LogP contribution in [0.3, 0.4) is 0 Å². The third kappa shape index (κ3) is 3.44. The molecule has 1 atom stereocenters. The van der Waals surface area contributed by atoms with E-state index in [2.05, 4.69) is 10.3 Å². The second kappa shape index (κ2) is 6.52. The molecule has 0 aromatic carbocycles. The van der Waals surface area contributed by atoms with E-state index in [0.717, 1.165) is 31.6 Å². The van der Waals surface area contributed by atoms with Crippen LogP contribution in [-0.4, -0.2) is 49.6 Å². The van der Waals surface area contributed by atoms with Gasteiger partial charge in [-0.15, -0.1) is 0 Å². The van der Waals surface area contributed by atoms with Gasteiger partial charge in [0.15, 0.2) is 0 Å². The molecule has 5 nitrogen and oxygen atoms in total. The van der Waals surface area contributed by atoms with Crippen LogP contribution in [0.15, 0.2) is 18.3 Å². The quantitative estimate of drug-likeness (QED) is 0.897. The van der Waals surface area contributed by atoms with Crippen molar-refractivity contribution >= 4 is 11.6 Å². The number of aromatic nitrogens is 1. The monoisotopic (exact) mass is 263 g/mol. The van der Waals surface area contributed by atoms with Gasteiger partial charge in [-0.1, -0.05) is 0 Å². The van der Waals surface area contributed by atoms with Gasteiger partial charge >= 0.3 is 0 Å². The highest BCUT2D eigenvalue weighted by molar-refractivity contribution is 5.93. The zero-order valence-electron chi connectivity index (χ0n) is 11.6. The van der Waals surface area contributed by atoms with E-state index in [9.17, 15) is 4.79 Å². The predicted molar refractivity (Wildman–Crippen MR) is 74.3 cm³/mol. The smallest absolute Gasteiger partial charge is 0.272 e. The van der Waals surface area contributed by atoms with Crippen molar-refractivity contribution in [2.24, 2.45) is 5.92 Å². The number of piperidine rings is 1. The van der Waals surface area contributed by atoms with Gasteiger partial charge in [0.05, 0.1) is 6.61 Å². The van der Waals surface area contributed by atoms with Crippen LogP contribution in [0.5, 0.6) is 0 Å². The van der Waals surface area contributed by atoms with Crippen molar-refractivity contribution in [2.75, 3.05) is 39.2 Å². The highest BCUT2D eigenvalue weighted by Gasteiger charge is 2.25. The lowest BCUT2D eigenvalue weighted by molar-refractivity contribution is 0.0566. The molecule has 0 spiro atoms. The van der Waals surface area contributed by atoms with Crippen LogP contribution < -0.4 is 5.32 Å². The number of anilines is 1. The minimum atomic E-state index is 0.0119. The van der Waals surface area contributed by atoms with E-state index in [-0.39, 0.29) is 5.91 Å². The van der Waals surface area contributed by atoms with Crippen molar-refractivity contribution in [2.45, 2.75) is 12.8 Å². The minimum absolute atomic E-state index is 0.0119. The fourth-order valence-corrected chi connectivity index (χ4v) is 2.49. The number of amides is 1. The maximum Gasteiger partial charge on any atom is 0.272 e. The van der Waals surface area contributed by atoms with Crippen molar-refractivity contribution in [3.05, 3.63) is 24.0 Å². The highest BCUT2D eigenvalue weighted by Crippen LogP contribution is 2.19. The summed E-state index contributed by atoms with van der Waals surface area (Å²) >= 11 is 0. The molecule has 0 saturated carbocycles. The van der Waals surface area contributed by atoms with Gasteiger partial charge in [-0.3, -0.25) is 9.78 Å². The molecule has 1 aliphatic rings. The van der Waals surface area contributed by atoms with Gasteiger partial charge in [-0.2, -0.15) is 0 Å². The molecule has 1 saturated heterocycles. The van der Waals surface area contributed by atoms with E-state index >= 15 is 0 Å². The van der Waals surface area contributed by atoms with Gasteiger partial charge in [-0.05, 0) is 30.9 Å². The summed E-state index contributed by atoms with van der Waals surface area (Å²) in [6, 6.07) is 3.64. The summed E-state index contributed by atoms with van der Waals surface area (Å²) in [5, 5.41) is 3.02. The van der Waals surface area contributed by atoms with E-state index < -0.39 is 0 Å². The SMILES string of the molecule is CNc1ccnc(C(=O)N2CCCC(COC)C2)c1. The molecule has 2 heterocycles. The van der Waals surface area contributed by atoms with Crippen LogP contribution in [0.2, 0.25) is 0 Å². The van der Waals surface area contributed by atoms with Gasteiger partial charge in [0.1, 0.15) is 5.69 Å². The first-order valence-corrected chi connectivity index (χ1v) is 6.66. The van der Waals surface area contributed by atoms with Gasteiger partial charge in [0.2, 0.25) is 0 Å². The Morgan fingerprint density at radius 1 is 1.63 bits per heavy atom. The summed E-state index contributed by atoms with van der Waals surface area (Å²) in [5.41, 5.74) is 1.41. The van der Waals surface area contributed by atoms with Crippen molar-refractivity contribution in [1.82, 2.24) is 9.88 Å². The summed E-state index contributed by atoms with van der Waals surface area (Å²) in [6.07, 6.45) is 3.82. The first kappa shape index (κ1) is 13.8. The Hall–Kier alpha value is -1.62. The fraction of sp³-hybridized carbons (Fsp3) is 0.571. The number of ether oxygens (including phenoxy) is 1. The summed E-state index contributed by atoms with van der Waals surface area (Å²) in [6.45, 7) is 2.29. The second-order valence-electron chi connectivity index (χ2n) is 4.89. The van der Waals surface area contributed by atoms with E-state index in [1.165, 1.54) is 0 Å². The van der Waals surface area contributed by atoms with Crippen molar-refractivity contribution in [1.29, 1.82) is 0 Å². The lowest BCUT2D eigenvalue weighted by Crippen LogP contribution is -2.41. The number of methoxy groups -OCH3 is 1. The molecule has 104 valence electrons. The first-order valence-electron chi connectivity index (χ1n) is 6.66. The molecule has 1 unspecified atom stereocenters. The molecule has 1 aromatic heterocycles. The van der Waals surface area contributed by atoms with E-state index in [1.54, 1.807) is 19.4 Å². The number of carbonyl (C=O) groups is 1. The summed E-state index contributed by atoms with van der Waals surface area (Å²) in [4.78, 5) is 18.5. The normalized spacial score (nSPS) is 19.3. The number of likely N-dealkylation sites (tertiary alicyclic amines) is 1. The minimum Gasteiger partial charge on any atom is -0.388 e. The van der Waals surface area contributed by atoms with Gasteiger partial charge in [0.25, 0.3) is 5.91 Å². The first-order chi connectivity index (χ1) is 9.24. The Balaban J connectivity index is 2.05. The van der Waals surface area contributed by atoms with Crippen LogP contribution in [0, 0.1) is 5.92 Å². The number of hydrogen-bond acceptors (Lipinski definition) is 4. The Labute approximate surface area is 114 Å². The Kier molecular flexibility index (Phi) is 4.74. The third-order valence-electron chi connectivity index (χ3n) is 3.48. The predicted octanol–water partition coefficient (Wildman–Crippen LogP) is 1.62. The van der Waals surface area contributed by atoms with Gasteiger partial charge < -0.3 is 15.0 Å². The van der Waals surface area contributed by atoms with Crippen LogP contribution >= 0.6 is 0 Å². The zero-order chi connectivity index (χ0) is 13.7. The Bertz CT molecular complexity index is 434. The number of nitrogens with zero attached hydrogens (tertiary/aromatic N) is 2. The van der Waals surface area contributed by atoms with Crippen molar-refractivity contribution in [3.8, 4) is 0 Å². The Morgan fingerprint density at radius 2 is 2.47 bits per heavy atom. The number of hydrogen-bond donors (Lipinski definition) is 1. The lowest BCUT2D eigenvalue weighted by Gasteiger charge is -2.32. The molecular weight excluding hydrogens is 242 g/mol. The summed E-state index contributed by atoms with van der Waals surface area (Å²) in [5.74, 6) is 0.452. The van der Waals surface area contributed by atoms with Crippen LogP contribution in [0.25, 0.3) is 0 Å². The maximum atomic E-state index is 12.4. The standard InChI is InChI=1S/C14H21N3O2/c1-15-12-5-6-16-13(8-12)14(18)17-7-3-4-11(9-17)10-19-2/h5-6,8,11H,3-4,7,9-10H2,1-2H3,(H,15,16). The average molecular weight is 263 g/mol. The number of carbonyl (C=O) groups excluding carboxylic acids is 1. The molecule has 1 fully saturated rings. The molecule has 2 rings (SSSR count). The summed E-state index contributed by atoms with van der Waals surface area (Å²) in [7, 11) is 3.54.